The maximum absolute atomic E-state index is 12.0. The first-order valence-corrected chi connectivity index (χ1v) is 7.79. The molecule has 0 aromatic heterocycles. The van der Waals surface area contributed by atoms with Gasteiger partial charge >= 0.3 is 11.9 Å². The van der Waals surface area contributed by atoms with Crippen molar-refractivity contribution in [3.05, 3.63) is 39.5 Å². The van der Waals surface area contributed by atoms with Crippen LogP contribution in [-0.2, 0) is 19.1 Å². The number of esters is 2. The number of carbonyl (C=O) groups is 3. The van der Waals surface area contributed by atoms with Crippen molar-refractivity contribution in [2.45, 2.75) is 20.3 Å². The van der Waals surface area contributed by atoms with E-state index in [0.29, 0.717) is 6.42 Å². The van der Waals surface area contributed by atoms with E-state index in [-0.39, 0.29) is 33.5 Å². The predicted molar refractivity (Wildman–Crippen MR) is 91.4 cm³/mol. The number of halogens is 2. The lowest BCUT2D eigenvalue weighted by molar-refractivity contribution is -0.137. The smallest absolute Gasteiger partial charge is 0.342 e. The number of anilines is 1. The molecule has 1 aromatic carbocycles. The van der Waals surface area contributed by atoms with Crippen molar-refractivity contribution in [2.75, 3.05) is 19.0 Å². The Morgan fingerprint density at radius 1 is 1.25 bits per heavy atom. The highest BCUT2D eigenvalue weighted by molar-refractivity contribution is 6.38. The summed E-state index contributed by atoms with van der Waals surface area (Å²) < 4.78 is 9.56. The second kappa shape index (κ2) is 9.30. The number of ether oxygens (including phenoxy) is 2. The Hall–Kier alpha value is -2.05. The molecule has 0 aliphatic rings. The molecule has 0 radical (unpaired) electrons. The van der Waals surface area contributed by atoms with Gasteiger partial charge in [0.15, 0.2) is 5.78 Å². The third-order valence-electron chi connectivity index (χ3n) is 2.85. The van der Waals surface area contributed by atoms with E-state index in [1.165, 1.54) is 19.1 Å². The number of Topliss-reactive ketones (excluding diaryl/α,β-unsaturated/α-hetero) is 1. The maximum atomic E-state index is 12.0. The highest BCUT2D eigenvalue weighted by Crippen LogP contribution is 2.31. The monoisotopic (exact) mass is 373 g/mol. The molecule has 0 heterocycles. The van der Waals surface area contributed by atoms with Crippen molar-refractivity contribution in [1.29, 1.82) is 0 Å². The number of ketones is 1. The van der Waals surface area contributed by atoms with Gasteiger partial charge in [0, 0.05) is 11.2 Å². The van der Waals surface area contributed by atoms with Crippen LogP contribution in [0.5, 0.6) is 0 Å². The fourth-order valence-electron chi connectivity index (χ4n) is 1.68. The average molecular weight is 374 g/mol. The SMILES string of the molecule is CCCOC(=O)c1cc(Cl)cc(NC=C(C(C)=O)C(=O)OC)c1Cl. The van der Waals surface area contributed by atoms with Crippen LogP contribution >= 0.6 is 23.2 Å². The predicted octanol–water partition coefficient (Wildman–Crippen LogP) is 3.62. The number of carbonyl (C=O) groups excluding carboxylic acids is 3. The van der Waals surface area contributed by atoms with Crippen LogP contribution in [0.15, 0.2) is 23.9 Å². The fourth-order valence-corrected chi connectivity index (χ4v) is 2.14. The minimum absolute atomic E-state index is 0.0597. The van der Waals surface area contributed by atoms with Crippen LogP contribution in [0.3, 0.4) is 0 Å². The minimum Gasteiger partial charge on any atom is -0.465 e. The van der Waals surface area contributed by atoms with Crippen LogP contribution in [0, 0.1) is 0 Å². The zero-order valence-corrected chi connectivity index (χ0v) is 15.0. The summed E-state index contributed by atoms with van der Waals surface area (Å²) >= 11 is 12.2. The van der Waals surface area contributed by atoms with Crippen molar-refractivity contribution in [3.63, 3.8) is 0 Å². The van der Waals surface area contributed by atoms with Crippen molar-refractivity contribution >= 4 is 46.6 Å². The largest absolute Gasteiger partial charge is 0.465 e. The van der Waals surface area contributed by atoms with E-state index in [1.54, 1.807) is 0 Å². The van der Waals surface area contributed by atoms with Crippen molar-refractivity contribution in [3.8, 4) is 0 Å². The molecule has 0 spiro atoms. The summed E-state index contributed by atoms with van der Waals surface area (Å²) in [7, 11) is 1.16. The van der Waals surface area contributed by atoms with Gasteiger partial charge in [-0.1, -0.05) is 30.1 Å². The Labute approximate surface area is 149 Å². The van der Waals surface area contributed by atoms with Crippen LogP contribution < -0.4 is 5.32 Å². The molecule has 0 unspecified atom stereocenters. The number of hydrogen-bond acceptors (Lipinski definition) is 6. The molecule has 0 saturated carbocycles. The topological polar surface area (TPSA) is 81.7 Å². The van der Waals surface area contributed by atoms with E-state index < -0.39 is 17.7 Å². The maximum Gasteiger partial charge on any atom is 0.342 e. The zero-order chi connectivity index (χ0) is 18.3. The van der Waals surface area contributed by atoms with Crippen LogP contribution in [0.2, 0.25) is 10.0 Å². The quantitative estimate of drug-likeness (QED) is 0.340. The second-order valence-electron chi connectivity index (χ2n) is 4.70. The van der Waals surface area contributed by atoms with E-state index in [0.717, 1.165) is 13.3 Å². The van der Waals surface area contributed by atoms with E-state index in [2.05, 4.69) is 10.1 Å². The average Bonchev–Trinajstić information content (AvgIpc) is 2.54. The lowest BCUT2D eigenvalue weighted by Gasteiger charge is -2.11. The second-order valence-corrected chi connectivity index (χ2v) is 5.52. The minimum atomic E-state index is -0.796. The molecule has 1 aromatic rings. The van der Waals surface area contributed by atoms with Crippen molar-refractivity contribution in [1.82, 2.24) is 0 Å². The van der Waals surface area contributed by atoms with E-state index in [1.807, 2.05) is 6.92 Å². The van der Waals surface area contributed by atoms with Gasteiger partial charge in [0.05, 0.1) is 30.0 Å². The molecule has 0 saturated heterocycles. The summed E-state index contributed by atoms with van der Waals surface area (Å²) in [6, 6.07) is 2.83. The molecule has 0 aliphatic heterocycles. The summed E-state index contributed by atoms with van der Waals surface area (Å²) in [5.41, 5.74) is 0.120. The van der Waals surface area contributed by atoms with Gasteiger partial charge < -0.3 is 14.8 Å². The first kappa shape index (κ1) is 20.0. The number of hydrogen-bond donors (Lipinski definition) is 1. The first-order chi connectivity index (χ1) is 11.3. The van der Waals surface area contributed by atoms with Gasteiger partial charge in [-0.3, -0.25) is 4.79 Å². The fraction of sp³-hybridized carbons (Fsp3) is 0.312. The van der Waals surface area contributed by atoms with Gasteiger partial charge in [0.2, 0.25) is 0 Å². The Kier molecular flexibility index (Phi) is 7.74. The molecular weight excluding hydrogens is 357 g/mol. The van der Waals surface area contributed by atoms with E-state index in [9.17, 15) is 14.4 Å². The van der Waals surface area contributed by atoms with Gasteiger partial charge in [-0.05, 0) is 25.5 Å². The standard InChI is InChI=1S/C16H17Cl2NO5/c1-4-5-24-16(22)11-6-10(17)7-13(14(11)18)19-8-12(9(2)20)15(21)23-3/h6-8,19H,4-5H2,1-3H3. The van der Waals surface area contributed by atoms with E-state index in [4.69, 9.17) is 27.9 Å². The number of rotatable bonds is 7. The molecule has 24 heavy (non-hydrogen) atoms. The van der Waals surface area contributed by atoms with Crippen LogP contribution in [-0.4, -0.2) is 31.4 Å². The molecule has 8 heteroatoms. The summed E-state index contributed by atoms with van der Waals surface area (Å²) in [4.78, 5) is 35.0. The Bertz CT molecular complexity index is 685. The van der Waals surface area contributed by atoms with Gasteiger partial charge in [-0.15, -0.1) is 0 Å². The molecule has 1 N–H and O–H groups in total. The van der Waals surface area contributed by atoms with Gasteiger partial charge in [-0.25, -0.2) is 9.59 Å². The molecule has 0 amide bonds. The van der Waals surface area contributed by atoms with E-state index >= 15 is 0 Å². The van der Waals surface area contributed by atoms with Crippen LogP contribution in [0.1, 0.15) is 30.6 Å². The number of nitrogens with one attached hydrogen (secondary N) is 1. The molecule has 130 valence electrons. The first-order valence-electron chi connectivity index (χ1n) is 7.03. The third-order valence-corrected chi connectivity index (χ3v) is 3.48. The molecular formula is C16H17Cl2NO5. The molecule has 0 bridgehead atoms. The molecule has 1 rings (SSSR count). The normalized spacial score (nSPS) is 11.0. The third kappa shape index (κ3) is 5.25. The Morgan fingerprint density at radius 3 is 2.46 bits per heavy atom. The van der Waals surface area contributed by atoms with Crippen molar-refractivity contribution < 1.29 is 23.9 Å². The molecule has 0 aliphatic carbocycles. The van der Waals surface area contributed by atoms with Crippen LogP contribution in [0.25, 0.3) is 0 Å². The lowest BCUT2D eigenvalue weighted by Crippen LogP contribution is -2.13. The van der Waals surface area contributed by atoms with Crippen LogP contribution in [0.4, 0.5) is 5.69 Å². The molecule has 0 atom stereocenters. The summed E-state index contributed by atoms with van der Waals surface area (Å²) in [6.45, 7) is 3.33. The van der Waals surface area contributed by atoms with Gasteiger partial charge in [0.1, 0.15) is 5.57 Å². The Morgan fingerprint density at radius 2 is 1.92 bits per heavy atom. The summed E-state index contributed by atoms with van der Waals surface area (Å²) in [6.07, 6.45) is 1.81. The summed E-state index contributed by atoms with van der Waals surface area (Å²) in [5, 5.41) is 2.99. The molecule has 0 fully saturated rings. The highest BCUT2D eigenvalue weighted by atomic mass is 35.5. The lowest BCUT2D eigenvalue weighted by atomic mass is 10.2. The van der Waals surface area contributed by atoms with Crippen molar-refractivity contribution in [2.24, 2.45) is 0 Å². The number of methoxy groups -OCH3 is 1. The Balaban J connectivity index is 3.16. The highest BCUT2D eigenvalue weighted by Gasteiger charge is 2.18. The summed E-state index contributed by atoms with van der Waals surface area (Å²) in [5.74, 6) is -1.90. The van der Waals surface area contributed by atoms with Gasteiger partial charge in [-0.2, -0.15) is 0 Å². The number of benzene rings is 1. The molecule has 6 nitrogen and oxygen atoms in total. The zero-order valence-electron chi connectivity index (χ0n) is 13.4. The van der Waals surface area contributed by atoms with Gasteiger partial charge in [0.25, 0.3) is 0 Å².